The second-order valence-corrected chi connectivity index (χ2v) is 17.8. The molecule has 6 unspecified atom stereocenters. The Balaban J connectivity index is 0.000000184. The molecule has 0 aliphatic heterocycles. The van der Waals surface area contributed by atoms with Gasteiger partial charge in [0.15, 0.2) is 22.8 Å². The lowest BCUT2D eigenvalue weighted by Crippen LogP contribution is -2.62. The number of carboxylic acids is 1. The van der Waals surface area contributed by atoms with Crippen molar-refractivity contribution < 1.29 is 39.1 Å². The van der Waals surface area contributed by atoms with Gasteiger partial charge in [-0.05, 0) is 140 Å². The van der Waals surface area contributed by atoms with Crippen LogP contribution in [0.25, 0.3) is 22.1 Å². The van der Waals surface area contributed by atoms with Gasteiger partial charge in [-0.3, -0.25) is 9.59 Å². The van der Waals surface area contributed by atoms with Gasteiger partial charge in [0.25, 0.3) is 0 Å². The molecule has 0 radical (unpaired) electrons. The van der Waals surface area contributed by atoms with E-state index in [1.807, 2.05) is 19.9 Å². The molecule has 9 nitrogen and oxygen atoms in total. The van der Waals surface area contributed by atoms with Gasteiger partial charge in [-0.1, -0.05) is 51.5 Å². The maximum atomic E-state index is 12.6. The molecular formula is C46H54O9. The highest BCUT2D eigenvalue weighted by Crippen LogP contribution is 2.74. The van der Waals surface area contributed by atoms with Crippen LogP contribution in [0.2, 0.25) is 0 Å². The normalized spacial score (nSPS) is 30.7. The first-order valence-electron chi connectivity index (χ1n) is 19.3. The molecule has 3 fully saturated rings. The Bertz CT molecular complexity index is 2290. The van der Waals surface area contributed by atoms with E-state index in [0.717, 1.165) is 68.1 Å². The third kappa shape index (κ3) is 5.62. The number of phenolic OH excluding ortho intramolecular Hbond substituents is 3. The maximum absolute atomic E-state index is 12.6. The monoisotopic (exact) mass is 750 g/mol. The fraction of sp³-hybridized carbons (Fsp3) is 0.478. The van der Waals surface area contributed by atoms with E-state index in [1.165, 1.54) is 36.6 Å². The highest BCUT2D eigenvalue weighted by atomic mass is 16.5. The second kappa shape index (κ2) is 13.1. The molecule has 9 heteroatoms. The summed E-state index contributed by atoms with van der Waals surface area (Å²) in [6, 6.07) is 11.9. The van der Waals surface area contributed by atoms with Crippen molar-refractivity contribution in [3.05, 3.63) is 87.3 Å². The van der Waals surface area contributed by atoms with Gasteiger partial charge in [-0.15, -0.1) is 0 Å². The van der Waals surface area contributed by atoms with Crippen LogP contribution in [0.1, 0.15) is 96.3 Å². The molecule has 8 rings (SSSR count). The molecule has 4 aliphatic rings. The predicted octanol–water partition coefficient (Wildman–Crippen LogP) is 9.83. The fourth-order valence-corrected chi connectivity index (χ4v) is 11.2. The molecule has 0 spiro atoms. The topological polar surface area (TPSA) is 147 Å². The molecule has 4 aliphatic carbocycles. The molecular weight excluding hydrogens is 696 g/mol. The molecule has 55 heavy (non-hydrogen) atoms. The lowest BCUT2D eigenvalue weighted by atomic mass is 9.34. The highest BCUT2D eigenvalue weighted by Gasteiger charge is 2.67. The molecule has 0 amide bonds. The van der Waals surface area contributed by atoms with Gasteiger partial charge in [0.1, 0.15) is 12.0 Å². The Morgan fingerprint density at radius 3 is 2.20 bits per heavy atom. The Hall–Kier alpha value is -4.92. The van der Waals surface area contributed by atoms with E-state index in [1.54, 1.807) is 31.4 Å². The number of benzene rings is 3. The van der Waals surface area contributed by atoms with Crippen molar-refractivity contribution in [2.24, 2.45) is 27.6 Å². The molecule has 292 valence electrons. The highest BCUT2D eigenvalue weighted by molar-refractivity contribution is 5.88. The van der Waals surface area contributed by atoms with Crippen molar-refractivity contribution in [2.45, 2.75) is 98.3 Å². The van der Waals surface area contributed by atoms with Crippen LogP contribution in [-0.2, 0) is 16.6 Å². The number of allylic oxidation sites excluding steroid dienone is 2. The van der Waals surface area contributed by atoms with Crippen molar-refractivity contribution in [1.82, 2.24) is 0 Å². The molecule has 4 N–H and O–H groups in total. The first-order chi connectivity index (χ1) is 25.9. The zero-order valence-electron chi connectivity index (χ0n) is 33.3. The van der Waals surface area contributed by atoms with Crippen LogP contribution >= 0.6 is 0 Å². The van der Waals surface area contributed by atoms with Gasteiger partial charge in [0, 0.05) is 5.41 Å². The fourth-order valence-electron chi connectivity index (χ4n) is 11.2. The van der Waals surface area contributed by atoms with Crippen molar-refractivity contribution >= 4 is 16.9 Å². The lowest BCUT2D eigenvalue weighted by Gasteiger charge is -2.69. The van der Waals surface area contributed by atoms with E-state index in [-0.39, 0.29) is 55.7 Å². The molecule has 1 heterocycles. The quantitative estimate of drug-likeness (QED) is 0.118. The SMILES string of the molecule is COc1ccc(-c2coc3c(OC)c(O)ccc3c2=O)cc1.Cc1c(O)c(O)cc2c1CC=C1C2(C)CCC2(C)C3CC(C)(C(=O)O)CCC3(C)CCC12C. The zero-order valence-corrected chi connectivity index (χ0v) is 33.3. The Morgan fingerprint density at radius 1 is 0.855 bits per heavy atom. The van der Waals surface area contributed by atoms with Crippen LogP contribution < -0.4 is 14.9 Å². The van der Waals surface area contributed by atoms with Gasteiger partial charge in [0.05, 0.1) is 30.6 Å². The summed E-state index contributed by atoms with van der Waals surface area (Å²) in [6.45, 7) is 13.5. The molecule has 1 aromatic heterocycles. The Labute approximate surface area is 322 Å². The summed E-state index contributed by atoms with van der Waals surface area (Å²) in [6.07, 6.45) is 11.4. The first kappa shape index (κ1) is 38.4. The number of ether oxygens (including phenoxy) is 2. The summed E-state index contributed by atoms with van der Waals surface area (Å²) in [4.78, 5) is 24.9. The number of carboxylic acid groups (broad SMARTS) is 1. The van der Waals surface area contributed by atoms with E-state index in [2.05, 4.69) is 33.8 Å². The predicted molar refractivity (Wildman–Crippen MR) is 212 cm³/mol. The molecule has 0 bridgehead atoms. The second-order valence-electron chi connectivity index (χ2n) is 17.8. The molecule has 3 aromatic carbocycles. The summed E-state index contributed by atoms with van der Waals surface area (Å²) < 4.78 is 15.7. The Morgan fingerprint density at radius 2 is 1.55 bits per heavy atom. The van der Waals surface area contributed by atoms with Gasteiger partial charge in [0.2, 0.25) is 11.2 Å². The third-order valence-corrected chi connectivity index (χ3v) is 15.1. The van der Waals surface area contributed by atoms with Gasteiger partial charge in [-0.2, -0.15) is 0 Å². The number of carbonyl (C=O) groups is 1. The summed E-state index contributed by atoms with van der Waals surface area (Å²) in [7, 11) is 2.99. The summed E-state index contributed by atoms with van der Waals surface area (Å²) in [5.74, 6) is 0.502. The Kier molecular flexibility index (Phi) is 9.13. The number of hydrogen-bond donors (Lipinski definition) is 4. The van der Waals surface area contributed by atoms with Crippen molar-refractivity contribution in [3.63, 3.8) is 0 Å². The van der Waals surface area contributed by atoms with E-state index < -0.39 is 11.4 Å². The van der Waals surface area contributed by atoms with Crippen LogP contribution in [0.5, 0.6) is 28.7 Å². The van der Waals surface area contributed by atoms with Crippen LogP contribution in [-0.4, -0.2) is 40.6 Å². The third-order valence-electron chi connectivity index (χ3n) is 15.1. The standard InChI is InChI=1S/C29H40O4.C17H14O5/c1-17-18-7-8-21-27(4,19(18)15-20(30)23(17)31)12-14-29(6)22-16-26(3,24(32)33)10-9-25(22,2)11-13-28(21,29)5;1-20-11-5-3-10(4-6-11)13-9-22-16-12(15(13)19)7-8-14(18)17(16)21-2/h8,15,22,30-31H,7,9-14,16H2,1-6H3,(H,32,33);3-9,18H,1-2H3. The average Bonchev–Trinajstić information content (AvgIpc) is 3.16. The van der Waals surface area contributed by atoms with Crippen molar-refractivity contribution in [1.29, 1.82) is 0 Å². The summed E-state index contributed by atoms with van der Waals surface area (Å²) in [5.41, 5.74) is 5.20. The van der Waals surface area contributed by atoms with Gasteiger partial charge in [-0.25, -0.2) is 0 Å². The molecule has 3 saturated carbocycles. The van der Waals surface area contributed by atoms with Gasteiger partial charge < -0.3 is 34.3 Å². The van der Waals surface area contributed by atoms with E-state index in [4.69, 9.17) is 13.9 Å². The minimum atomic E-state index is -0.641. The zero-order chi connectivity index (χ0) is 39.9. The largest absolute Gasteiger partial charge is 0.504 e. The van der Waals surface area contributed by atoms with E-state index in [0.29, 0.717) is 22.6 Å². The summed E-state index contributed by atoms with van der Waals surface area (Å²) in [5, 5.41) is 41.0. The first-order valence-corrected chi connectivity index (χ1v) is 19.3. The van der Waals surface area contributed by atoms with Gasteiger partial charge >= 0.3 is 5.97 Å². The number of hydrogen-bond acceptors (Lipinski definition) is 8. The summed E-state index contributed by atoms with van der Waals surface area (Å²) >= 11 is 0. The van der Waals surface area contributed by atoms with E-state index in [9.17, 15) is 30.0 Å². The molecule has 0 saturated heterocycles. The molecule has 4 aromatic rings. The van der Waals surface area contributed by atoms with Crippen LogP contribution in [0, 0.1) is 34.5 Å². The van der Waals surface area contributed by atoms with Crippen LogP contribution in [0.15, 0.2) is 69.6 Å². The minimum Gasteiger partial charge on any atom is -0.504 e. The van der Waals surface area contributed by atoms with Crippen molar-refractivity contribution in [2.75, 3.05) is 14.2 Å². The van der Waals surface area contributed by atoms with Crippen molar-refractivity contribution in [3.8, 4) is 39.9 Å². The maximum Gasteiger partial charge on any atom is 0.309 e. The minimum absolute atomic E-state index is 0.00431. The smallest absolute Gasteiger partial charge is 0.309 e. The lowest BCUT2D eigenvalue weighted by molar-refractivity contribution is -0.177. The van der Waals surface area contributed by atoms with E-state index >= 15 is 0 Å². The number of aromatic hydroxyl groups is 3. The number of methoxy groups -OCH3 is 2. The number of aliphatic carboxylic acids is 1. The average molecular weight is 751 g/mol. The number of fused-ring (bicyclic) bond motifs is 8. The molecule has 6 atom stereocenters. The number of rotatable bonds is 4. The van der Waals surface area contributed by atoms with Crippen LogP contribution in [0.3, 0.4) is 0 Å². The number of phenols is 3. The van der Waals surface area contributed by atoms with Crippen LogP contribution in [0.4, 0.5) is 0 Å².